The summed E-state index contributed by atoms with van der Waals surface area (Å²) in [7, 11) is 0. The fourth-order valence-corrected chi connectivity index (χ4v) is 3.37. The van der Waals surface area contributed by atoms with Gasteiger partial charge in [0, 0.05) is 5.02 Å². The Kier molecular flexibility index (Phi) is 4.68. The maximum atomic E-state index is 12.6. The van der Waals surface area contributed by atoms with Crippen molar-refractivity contribution in [1.29, 1.82) is 0 Å². The Morgan fingerprint density at radius 2 is 1.81 bits per heavy atom. The first-order valence-electron chi connectivity index (χ1n) is 9.48. The fraction of sp³-hybridized carbons (Fsp3) is 0.0455. The molecule has 5 aromatic rings. The smallest absolute Gasteiger partial charge is 0.295 e. The summed E-state index contributed by atoms with van der Waals surface area (Å²) in [6.07, 6.45) is 3.31. The Bertz CT molecular complexity index is 1390. The van der Waals surface area contributed by atoms with Crippen LogP contribution >= 0.6 is 11.6 Å². The van der Waals surface area contributed by atoms with E-state index in [1.807, 2.05) is 47.0 Å². The zero-order valence-electron chi connectivity index (χ0n) is 16.4. The molecule has 1 N–H and O–H groups in total. The molecule has 0 spiro atoms. The molecule has 0 unspecified atom stereocenters. The molecule has 0 aliphatic heterocycles. The van der Waals surface area contributed by atoms with Gasteiger partial charge in [-0.25, -0.2) is 19.6 Å². The van der Waals surface area contributed by atoms with Gasteiger partial charge in [-0.3, -0.25) is 9.36 Å². The molecule has 0 radical (unpaired) electrons. The van der Waals surface area contributed by atoms with Gasteiger partial charge in [0.05, 0.1) is 28.6 Å². The minimum absolute atomic E-state index is 0.0668. The Balaban J connectivity index is 1.35. The van der Waals surface area contributed by atoms with E-state index in [0.717, 1.165) is 16.7 Å². The number of benzene rings is 2. The first-order chi connectivity index (χ1) is 15.1. The van der Waals surface area contributed by atoms with E-state index in [0.29, 0.717) is 22.4 Å². The number of carbonyl (C=O) groups is 1. The third kappa shape index (κ3) is 3.64. The minimum Gasteiger partial charge on any atom is -0.318 e. The number of rotatable bonds is 4. The van der Waals surface area contributed by atoms with Crippen molar-refractivity contribution in [2.75, 3.05) is 5.32 Å². The number of fused-ring (bicyclic) bond motifs is 1. The highest BCUT2D eigenvalue weighted by molar-refractivity contribution is 6.30. The van der Waals surface area contributed by atoms with Gasteiger partial charge in [-0.2, -0.15) is 0 Å². The van der Waals surface area contributed by atoms with Gasteiger partial charge in [-0.15, -0.1) is 5.10 Å². The Morgan fingerprint density at radius 3 is 2.58 bits per heavy atom. The molecule has 0 saturated carbocycles. The molecule has 0 bridgehead atoms. The van der Waals surface area contributed by atoms with Gasteiger partial charge in [0.1, 0.15) is 18.0 Å². The lowest BCUT2D eigenvalue weighted by Crippen LogP contribution is -2.14. The lowest BCUT2D eigenvalue weighted by atomic mass is 10.3. The summed E-state index contributed by atoms with van der Waals surface area (Å²) in [5, 5.41) is 7.72. The van der Waals surface area contributed by atoms with Gasteiger partial charge in [-0.1, -0.05) is 23.7 Å². The summed E-state index contributed by atoms with van der Waals surface area (Å²) in [4.78, 5) is 25.7. The van der Waals surface area contributed by atoms with E-state index < -0.39 is 5.91 Å². The van der Waals surface area contributed by atoms with Gasteiger partial charge in [0.15, 0.2) is 0 Å². The predicted octanol–water partition coefficient (Wildman–Crippen LogP) is 4.22. The highest BCUT2D eigenvalue weighted by Crippen LogP contribution is 2.18. The number of anilines is 1. The van der Waals surface area contributed by atoms with Gasteiger partial charge in [-0.05, 0) is 55.5 Å². The zero-order valence-corrected chi connectivity index (χ0v) is 17.2. The monoisotopic (exact) mass is 429 g/mol. The van der Waals surface area contributed by atoms with Crippen LogP contribution in [0.25, 0.3) is 22.5 Å². The molecule has 1 amide bonds. The summed E-state index contributed by atoms with van der Waals surface area (Å²) in [5.74, 6) is 0.941. The molecule has 9 heteroatoms. The Morgan fingerprint density at radius 1 is 1.00 bits per heavy atom. The number of para-hydroxylation sites is 2. The first kappa shape index (κ1) is 19.0. The molecule has 31 heavy (non-hydrogen) atoms. The normalized spacial score (nSPS) is 11.0. The number of halogens is 1. The number of carbonyl (C=O) groups excluding carboxylic acids is 1. The number of hydrogen-bond acceptors (Lipinski definition) is 5. The topological polar surface area (TPSA) is 90.5 Å². The van der Waals surface area contributed by atoms with E-state index in [1.54, 1.807) is 42.3 Å². The van der Waals surface area contributed by atoms with Crippen molar-refractivity contribution in [3.63, 3.8) is 0 Å². The number of nitrogens with one attached hydrogen (secondary N) is 1. The van der Waals surface area contributed by atoms with Crippen molar-refractivity contribution < 1.29 is 4.79 Å². The molecule has 8 nitrogen and oxygen atoms in total. The molecule has 2 aromatic carbocycles. The van der Waals surface area contributed by atoms with E-state index in [-0.39, 0.29) is 5.82 Å². The Labute approximate surface area is 182 Å². The number of nitrogens with zero attached hydrogens (tertiary/aromatic N) is 6. The van der Waals surface area contributed by atoms with Crippen LogP contribution < -0.4 is 5.32 Å². The van der Waals surface area contributed by atoms with E-state index in [9.17, 15) is 4.79 Å². The van der Waals surface area contributed by atoms with Gasteiger partial charge in [0.2, 0.25) is 5.82 Å². The van der Waals surface area contributed by atoms with Crippen molar-refractivity contribution in [3.05, 3.63) is 89.9 Å². The number of aryl methyl sites for hydroxylation is 1. The minimum atomic E-state index is -0.418. The lowest BCUT2D eigenvalue weighted by Gasteiger charge is -2.06. The van der Waals surface area contributed by atoms with Gasteiger partial charge in [0.25, 0.3) is 5.91 Å². The number of amides is 1. The first-order valence-corrected chi connectivity index (χ1v) is 9.86. The fourth-order valence-electron chi connectivity index (χ4n) is 3.24. The van der Waals surface area contributed by atoms with E-state index in [1.165, 1.54) is 0 Å². The van der Waals surface area contributed by atoms with Crippen molar-refractivity contribution in [2.45, 2.75) is 6.92 Å². The van der Waals surface area contributed by atoms with E-state index in [4.69, 9.17) is 11.6 Å². The Hall–Kier alpha value is -4.04. The second kappa shape index (κ2) is 7.66. The van der Waals surface area contributed by atoms with Crippen LogP contribution in [-0.4, -0.2) is 35.2 Å². The maximum absolute atomic E-state index is 12.6. The molecule has 152 valence electrons. The van der Waals surface area contributed by atoms with Crippen LogP contribution in [0.2, 0.25) is 5.02 Å². The summed E-state index contributed by atoms with van der Waals surface area (Å²) in [6, 6.07) is 18.5. The van der Waals surface area contributed by atoms with Gasteiger partial charge >= 0.3 is 0 Å². The molecule has 0 saturated heterocycles. The number of imidazole rings is 1. The predicted molar refractivity (Wildman–Crippen MR) is 118 cm³/mol. The number of aromatic nitrogens is 6. The third-order valence-corrected chi connectivity index (χ3v) is 5.00. The molecular weight excluding hydrogens is 414 g/mol. The summed E-state index contributed by atoms with van der Waals surface area (Å²) in [6.45, 7) is 1.78. The van der Waals surface area contributed by atoms with Gasteiger partial charge < -0.3 is 5.32 Å². The van der Waals surface area contributed by atoms with Crippen LogP contribution in [0, 0.1) is 6.92 Å². The molecule has 0 atom stereocenters. The summed E-state index contributed by atoms with van der Waals surface area (Å²) < 4.78 is 3.48. The summed E-state index contributed by atoms with van der Waals surface area (Å²) >= 11 is 5.94. The second-order valence-electron chi connectivity index (χ2n) is 6.83. The molecular formula is C22H16ClN7O. The van der Waals surface area contributed by atoms with Crippen LogP contribution in [-0.2, 0) is 0 Å². The van der Waals surface area contributed by atoms with Crippen molar-refractivity contribution in [1.82, 2.24) is 29.3 Å². The molecule has 0 fully saturated rings. The maximum Gasteiger partial charge on any atom is 0.295 e. The van der Waals surface area contributed by atoms with Crippen molar-refractivity contribution >= 4 is 34.2 Å². The number of pyridine rings is 1. The van der Waals surface area contributed by atoms with Crippen LogP contribution in [0.1, 0.15) is 16.4 Å². The zero-order chi connectivity index (χ0) is 21.4. The molecule has 3 heterocycles. The molecule has 0 aliphatic rings. The summed E-state index contributed by atoms with van der Waals surface area (Å²) in [5.41, 5.74) is 3.16. The van der Waals surface area contributed by atoms with Crippen LogP contribution in [0.5, 0.6) is 0 Å². The average molecular weight is 430 g/mol. The largest absolute Gasteiger partial charge is 0.318 e. The SMILES string of the molecule is Cc1nc(C(=O)Nc2ccc(-n3cnc4ccccc43)nc2)nn1-c1ccc(Cl)cc1. The van der Waals surface area contributed by atoms with E-state index in [2.05, 4.69) is 25.4 Å². The molecule has 3 aromatic heterocycles. The lowest BCUT2D eigenvalue weighted by molar-refractivity contribution is 0.101. The molecule has 5 rings (SSSR count). The average Bonchev–Trinajstić information content (AvgIpc) is 3.39. The highest BCUT2D eigenvalue weighted by Gasteiger charge is 2.16. The number of hydrogen-bond donors (Lipinski definition) is 1. The van der Waals surface area contributed by atoms with Crippen LogP contribution in [0.15, 0.2) is 73.2 Å². The highest BCUT2D eigenvalue weighted by atomic mass is 35.5. The molecule has 0 aliphatic carbocycles. The van der Waals surface area contributed by atoms with Crippen molar-refractivity contribution in [3.8, 4) is 11.5 Å². The standard InChI is InChI=1S/C22H16ClN7O/c1-14-26-21(28-30(14)17-9-6-15(23)7-10-17)22(31)27-16-8-11-20(24-12-16)29-13-25-18-4-2-3-5-19(18)29/h2-13H,1H3,(H,27,31). The van der Waals surface area contributed by atoms with Crippen molar-refractivity contribution in [2.24, 2.45) is 0 Å². The van der Waals surface area contributed by atoms with Crippen LogP contribution in [0.4, 0.5) is 5.69 Å². The third-order valence-electron chi connectivity index (χ3n) is 4.75. The van der Waals surface area contributed by atoms with Crippen LogP contribution in [0.3, 0.4) is 0 Å². The second-order valence-corrected chi connectivity index (χ2v) is 7.27. The quantitative estimate of drug-likeness (QED) is 0.462. The van der Waals surface area contributed by atoms with E-state index >= 15 is 0 Å².